The standard InChI is InChI=1S/C17H25FN2/c1-20(10-15-9-12-2-3-14(15)8-12)11-17(19)13-4-6-16(18)7-5-13/h4-7,12,14-15,17H,2-3,8-11,19H2,1H3. The summed E-state index contributed by atoms with van der Waals surface area (Å²) in [5.41, 5.74) is 7.25. The lowest BCUT2D eigenvalue weighted by Gasteiger charge is -2.29. The lowest BCUT2D eigenvalue weighted by Crippen LogP contribution is -2.34. The van der Waals surface area contributed by atoms with Crippen molar-refractivity contribution in [3.63, 3.8) is 0 Å². The van der Waals surface area contributed by atoms with E-state index in [-0.39, 0.29) is 11.9 Å². The van der Waals surface area contributed by atoms with Crippen molar-refractivity contribution < 1.29 is 4.39 Å². The predicted molar refractivity (Wildman–Crippen MR) is 79.8 cm³/mol. The second-order valence-electron chi connectivity index (χ2n) is 6.81. The maximum atomic E-state index is 12.9. The van der Waals surface area contributed by atoms with Gasteiger partial charge in [-0.3, -0.25) is 0 Å². The highest BCUT2D eigenvalue weighted by atomic mass is 19.1. The van der Waals surface area contributed by atoms with E-state index in [9.17, 15) is 4.39 Å². The Morgan fingerprint density at radius 3 is 2.60 bits per heavy atom. The third kappa shape index (κ3) is 3.04. The first-order valence-corrected chi connectivity index (χ1v) is 7.81. The maximum absolute atomic E-state index is 12.9. The minimum atomic E-state index is -0.198. The molecule has 2 saturated carbocycles. The first kappa shape index (κ1) is 14.0. The third-order valence-electron chi connectivity index (χ3n) is 5.24. The van der Waals surface area contributed by atoms with Gasteiger partial charge >= 0.3 is 0 Å². The van der Waals surface area contributed by atoms with Crippen LogP contribution < -0.4 is 5.73 Å². The van der Waals surface area contributed by atoms with E-state index in [1.165, 1.54) is 37.8 Å². The van der Waals surface area contributed by atoms with E-state index in [1.54, 1.807) is 12.1 Å². The van der Waals surface area contributed by atoms with E-state index in [2.05, 4.69) is 11.9 Å². The summed E-state index contributed by atoms with van der Waals surface area (Å²) in [6, 6.07) is 6.55. The third-order valence-corrected chi connectivity index (χ3v) is 5.24. The van der Waals surface area contributed by atoms with Crippen LogP contribution in [0.4, 0.5) is 4.39 Å². The fraction of sp³-hybridized carbons (Fsp3) is 0.647. The van der Waals surface area contributed by atoms with Crippen LogP contribution in [-0.4, -0.2) is 25.0 Å². The number of benzene rings is 1. The van der Waals surface area contributed by atoms with Gasteiger partial charge in [0.05, 0.1) is 0 Å². The average molecular weight is 276 g/mol. The molecule has 2 N–H and O–H groups in total. The SMILES string of the molecule is CN(CC(N)c1ccc(F)cc1)CC1CC2CCC1C2. The molecular weight excluding hydrogens is 251 g/mol. The molecule has 0 spiro atoms. The smallest absolute Gasteiger partial charge is 0.123 e. The van der Waals surface area contributed by atoms with Crippen LogP contribution in [-0.2, 0) is 0 Å². The topological polar surface area (TPSA) is 29.3 Å². The van der Waals surface area contributed by atoms with Crippen molar-refractivity contribution in [1.82, 2.24) is 4.90 Å². The molecule has 2 bridgehead atoms. The largest absolute Gasteiger partial charge is 0.323 e. The highest BCUT2D eigenvalue weighted by molar-refractivity contribution is 5.19. The number of hydrogen-bond acceptors (Lipinski definition) is 2. The molecule has 4 unspecified atom stereocenters. The quantitative estimate of drug-likeness (QED) is 0.895. The van der Waals surface area contributed by atoms with Gasteiger partial charge < -0.3 is 10.6 Å². The maximum Gasteiger partial charge on any atom is 0.123 e. The van der Waals surface area contributed by atoms with E-state index in [0.29, 0.717) is 0 Å². The first-order chi connectivity index (χ1) is 9.61. The van der Waals surface area contributed by atoms with Gasteiger partial charge in [-0.1, -0.05) is 18.6 Å². The van der Waals surface area contributed by atoms with Crippen LogP contribution in [0.3, 0.4) is 0 Å². The Morgan fingerprint density at radius 1 is 1.25 bits per heavy atom. The van der Waals surface area contributed by atoms with Crippen LogP contribution in [0, 0.1) is 23.6 Å². The molecule has 0 amide bonds. The fourth-order valence-electron chi connectivity index (χ4n) is 4.23. The van der Waals surface area contributed by atoms with Crippen molar-refractivity contribution >= 4 is 0 Å². The highest BCUT2D eigenvalue weighted by Gasteiger charge is 2.39. The molecular formula is C17H25FN2. The molecule has 0 aliphatic heterocycles. The van der Waals surface area contributed by atoms with E-state index in [4.69, 9.17) is 5.73 Å². The predicted octanol–water partition coefficient (Wildman–Crippen LogP) is 3.19. The van der Waals surface area contributed by atoms with Crippen molar-refractivity contribution in [2.45, 2.75) is 31.7 Å². The number of likely N-dealkylation sites (N-methyl/N-ethyl adjacent to an activating group) is 1. The van der Waals surface area contributed by atoms with Gasteiger partial charge in [-0.15, -0.1) is 0 Å². The van der Waals surface area contributed by atoms with Gasteiger partial charge in [0.15, 0.2) is 0 Å². The summed E-state index contributed by atoms with van der Waals surface area (Å²) < 4.78 is 12.9. The summed E-state index contributed by atoms with van der Waals surface area (Å²) in [5.74, 6) is 2.64. The molecule has 20 heavy (non-hydrogen) atoms. The average Bonchev–Trinajstić information content (AvgIpc) is 3.01. The highest BCUT2D eigenvalue weighted by Crippen LogP contribution is 2.48. The Bertz CT molecular complexity index is 445. The Morgan fingerprint density at radius 2 is 2.00 bits per heavy atom. The summed E-state index contributed by atoms with van der Waals surface area (Å²) in [5, 5.41) is 0. The van der Waals surface area contributed by atoms with Crippen molar-refractivity contribution in [3.05, 3.63) is 35.6 Å². The van der Waals surface area contributed by atoms with Crippen LogP contribution in [0.5, 0.6) is 0 Å². The van der Waals surface area contributed by atoms with Gasteiger partial charge in [0.25, 0.3) is 0 Å². The van der Waals surface area contributed by atoms with Crippen molar-refractivity contribution in [2.75, 3.05) is 20.1 Å². The van der Waals surface area contributed by atoms with Crippen LogP contribution in [0.1, 0.15) is 37.3 Å². The minimum Gasteiger partial charge on any atom is -0.323 e. The Hall–Kier alpha value is -0.930. The van der Waals surface area contributed by atoms with Crippen LogP contribution in [0.15, 0.2) is 24.3 Å². The number of nitrogens with two attached hydrogens (primary N) is 1. The fourth-order valence-corrected chi connectivity index (χ4v) is 4.23. The molecule has 2 nitrogen and oxygen atoms in total. The summed E-state index contributed by atoms with van der Waals surface area (Å²) in [6.07, 6.45) is 5.77. The lowest BCUT2D eigenvalue weighted by molar-refractivity contribution is 0.212. The molecule has 2 fully saturated rings. The molecule has 1 aromatic rings. The van der Waals surface area contributed by atoms with Crippen LogP contribution in [0.2, 0.25) is 0 Å². The van der Waals surface area contributed by atoms with Crippen molar-refractivity contribution in [3.8, 4) is 0 Å². The number of nitrogens with zero attached hydrogens (tertiary/aromatic N) is 1. The van der Waals surface area contributed by atoms with Gasteiger partial charge in [0, 0.05) is 19.1 Å². The Kier molecular flexibility index (Phi) is 4.08. The van der Waals surface area contributed by atoms with Gasteiger partial charge in [-0.25, -0.2) is 4.39 Å². The van der Waals surface area contributed by atoms with E-state index < -0.39 is 0 Å². The number of hydrogen-bond donors (Lipinski definition) is 1. The zero-order chi connectivity index (χ0) is 14.1. The second kappa shape index (κ2) is 5.82. The minimum absolute atomic E-state index is 0.0285. The molecule has 0 saturated heterocycles. The molecule has 110 valence electrons. The molecule has 3 heteroatoms. The summed E-state index contributed by atoms with van der Waals surface area (Å²) in [6.45, 7) is 2.01. The number of rotatable bonds is 5. The first-order valence-electron chi connectivity index (χ1n) is 7.81. The van der Waals surface area contributed by atoms with Crippen molar-refractivity contribution in [2.24, 2.45) is 23.5 Å². The molecule has 2 aliphatic rings. The summed E-state index contributed by atoms with van der Waals surface area (Å²) >= 11 is 0. The van der Waals surface area contributed by atoms with Crippen LogP contribution >= 0.6 is 0 Å². The van der Waals surface area contributed by atoms with Gasteiger partial charge in [-0.2, -0.15) is 0 Å². The normalized spacial score (nSPS) is 30.1. The summed E-state index contributed by atoms with van der Waals surface area (Å²) in [7, 11) is 2.16. The number of halogens is 1. The zero-order valence-electron chi connectivity index (χ0n) is 12.3. The summed E-state index contributed by atoms with van der Waals surface area (Å²) in [4.78, 5) is 2.36. The Balaban J connectivity index is 1.51. The van der Waals surface area contributed by atoms with Gasteiger partial charge in [0.1, 0.15) is 5.82 Å². The lowest BCUT2D eigenvalue weighted by atomic mass is 9.88. The van der Waals surface area contributed by atoms with Crippen LogP contribution in [0.25, 0.3) is 0 Å². The molecule has 3 rings (SSSR count). The molecule has 0 aromatic heterocycles. The number of fused-ring (bicyclic) bond motifs is 2. The monoisotopic (exact) mass is 276 g/mol. The van der Waals surface area contributed by atoms with Gasteiger partial charge in [-0.05, 0) is 61.8 Å². The second-order valence-corrected chi connectivity index (χ2v) is 6.81. The van der Waals surface area contributed by atoms with Crippen molar-refractivity contribution in [1.29, 1.82) is 0 Å². The van der Waals surface area contributed by atoms with E-state index in [0.717, 1.165) is 36.4 Å². The van der Waals surface area contributed by atoms with E-state index in [1.807, 2.05) is 0 Å². The van der Waals surface area contributed by atoms with Gasteiger partial charge in [0.2, 0.25) is 0 Å². The Labute approximate surface area is 121 Å². The zero-order valence-corrected chi connectivity index (χ0v) is 12.3. The molecule has 1 aromatic carbocycles. The molecule has 2 aliphatic carbocycles. The molecule has 4 atom stereocenters. The van der Waals surface area contributed by atoms with E-state index >= 15 is 0 Å². The molecule has 0 radical (unpaired) electrons. The molecule has 0 heterocycles.